The molecule has 2 aromatic rings. The number of furan rings is 1. The third-order valence-corrected chi connectivity index (χ3v) is 3.03. The molecule has 0 spiro atoms. The smallest absolute Gasteiger partial charge is 0.117 e. The van der Waals surface area contributed by atoms with Crippen molar-refractivity contribution >= 4 is 0 Å². The van der Waals surface area contributed by atoms with Gasteiger partial charge in [-0.2, -0.15) is 0 Å². The molecular weight excluding hydrogens is 226 g/mol. The van der Waals surface area contributed by atoms with Gasteiger partial charge in [0.15, 0.2) is 0 Å². The van der Waals surface area contributed by atoms with Crippen molar-refractivity contribution in [2.24, 2.45) is 0 Å². The molecule has 0 atom stereocenters. The average molecular weight is 245 g/mol. The third kappa shape index (κ3) is 3.45. The Morgan fingerprint density at radius 3 is 2.61 bits per heavy atom. The highest BCUT2D eigenvalue weighted by Crippen LogP contribution is 2.13. The zero-order valence-electron chi connectivity index (χ0n) is 10.7. The van der Waals surface area contributed by atoms with Crippen LogP contribution in [-0.4, -0.2) is 23.2 Å². The van der Waals surface area contributed by atoms with Crippen molar-refractivity contribution in [3.8, 4) is 0 Å². The van der Waals surface area contributed by atoms with Crippen LogP contribution in [0, 0.1) is 6.92 Å². The first-order valence-electron chi connectivity index (χ1n) is 6.19. The lowest BCUT2D eigenvalue weighted by Crippen LogP contribution is -2.26. The summed E-state index contributed by atoms with van der Waals surface area (Å²) in [7, 11) is 0. The van der Waals surface area contributed by atoms with E-state index in [-0.39, 0.29) is 6.61 Å². The zero-order valence-corrected chi connectivity index (χ0v) is 10.7. The van der Waals surface area contributed by atoms with Crippen LogP contribution in [-0.2, 0) is 13.1 Å². The second-order valence-corrected chi connectivity index (χ2v) is 4.44. The molecule has 0 amide bonds. The normalized spacial score (nSPS) is 11.1. The Hall–Kier alpha value is -1.58. The maximum absolute atomic E-state index is 9.14. The second kappa shape index (κ2) is 6.38. The predicted molar refractivity (Wildman–Crippen MR) is 71.1 cm³/mol. The van der Waals surface area contributed by atoms with Gasteiger partial charge in [-0.05, 0) is 30.2 Å². The van der Waals surface area contributed by atoms with Gasteiger partial charge in [-0.1, -0.05) is 24.3 Å². The predicted octanol–water partition coefficient (Wildman–Crippen LogP) is 2.58. The van der Waals surface area contributed by atoms with Gasteiger partial charge in [-0.3, -0.25) is 4.90 Å². The van der Waals surface area contributed by atoms with Gasteiger partial charge in [-0.15, -0.1) is 0 Å². The van der Waals surface area contributed by atoms with Crippen molar-refractivity contribution in [1.29, 1.82) is 0 Å². The van der Waals surface area contributed by atoms with Gasteiger partial charge < -0.3 is 9.52 Å². The quantitative estimate of drug-likeness (QED) is 0.849. The molecule has 18 heavy (non-hydrogen) atoms. The lowest BCUT2D eigenvalue weighted by atomic mass is 10.1. The largest absolute Gasteiger partial charge is 0.468 e. The van der Waals surface area contributed by atoms with Crippen LogP contribution in [0.3, 0.4) is 0 Å². The minimum absolute atomic E-state index is 0.159. The summed E-state index contributed by atoms with van der Waals surface area (Å²) in [4.78, 5) is 2.18. The molecule has 1 aromatic carbocycles. The van der Waals surface area contributed by atoms with Crippen molar-refractivity contribution in [3.05, 3.63) is 59.5 Å². The van der Waals surface area contributed by atoms with Crippen LogP contribution < -0.4 is 0 Å². The Kier molecular flexibility index (Phi) is 4.56. The Labute approximate surface area is 108 Å². The minimum Gasteiger partial charge on any atom is -0.468 e. The number of aryl methyl sites for hydroxylation is 1. The van der Waals surface area contributed by atoms with E-state index in [0.717, 1.165) is 18.8 Å². The highest BCUT2D eigenvalue weighted by molar-refractivity contribution is 5.25. The Balaban J connectivity index is 2.04. The van der Waals surface area contributed by atoms with Gasteiger partial charge >= 0.3 is 0 Å². The molecule has 1 aromatic heterocycles. The first kappa shape index (κ1) is 12.9. The fourth-order valence-electron chi connectivity index (χ4n) is 2.01. The van der Waals surface area contributed by atoms with Crippen LogP contribution in [0.2, 0.25) is 0 Å². The molecule has 96 valence electrons. The van der Waals surface area contributed by atoms with Crippen molar-refractivity contribution in [2.75, 3.05) is 13.2 Å². The molecule has 0 aliphatic heterocycles. The maximum Gasteiger partial charge on any atom is 0.117 e. The molecule has 1 heterocycles. The molecule has 0 bridgehead atoms. The number of aliphatic hydroxyl groups is 1. The van der Waals surface area contributed by atoms with E-state index in [2.05, 4.69) is 24.0 Å². The van der Waals surface area contributed by atoms with E-state index in [1.807, 2.05) is 24.3 Å². The molecule has 3 nitrogen and oxygen atoms in total. The molecule has 0 aliphatic carbocycles. The summed E-state index contributed by atoms with van der Waals surface area (Å²) < 4.78 is 5.35. The van der Waals surface area contributed by atoms with E-state index in [1.54, 1.807) is 6.26 Å². The summed E-state index contributed by atoms with van der Waals surface area (Å²) in [5, 5.41) is 9.14. The zero-order chi connectivity index (χ0) is 12.8. The van der Waals surface area contributed by atoms with E-state index >= 15 is 0 Å². The summed E-state index contributed by atoms with van der Waals surface area (Å²) in [6.07, 6.45) is 1.68. The van der Waals surface area contributed by atoms with Gasteiger partial charge in [0.2, 0.25) is 0 Å². The molecule has 3 heteroatoms. The van der Waals surface area contributed by atoms with Crippen LogP contribution in [0.5, 0.6) is 0 Å². The molecular formula is C15H19NO2. The first-order chi connectivity index (χ1) is 8.79. The first-order valence-corrected chi connectivity index (χ1v) is 6.19. The summed E-state index contributed by atoms with van der Waals surface area (Å²) in [6, 6.07) is 12.2. The van der Waals surface area contributed by atoms with E-state index < -0.39 is 0 Å². The summed E-state index contributed by atoms with van der Waals surface area (Å²) >= 11 is 0. The lowest BCUT2D eigenvalue weighted by molar-refractivity contribution is 0.174. The fraction of sp³-hybridized carbons (Fsp3) is 0.333. The van der Waals surface area contributed by atoms with Gasteiger partial charge in [0.1, 0.15) is 5.76 Å². The molecule has 0 radical (unpaired) electrons. The molecule has 0 saturated heterocycles. The van der Waals surface area contributed by atoms with Crippen LogP contribution in [0.4, 0.5) is 0 Å². The summed E-state index contributed by atoms with van der Waals surface area (Å²) in [5.74, 6) is 0.928. The number of benzene rings is 1. The molecule has 1 N–H and O–H groups in total. The average Bonchev–Trinajstić information content (AvgIpc) is 2.85. The molecule has 2 rings (SSSR count). The van der Waals surface area contributed by atoms with Gasteiger partial charge in [-0.25, -0.2) is 0 Å². The SMILES string of the molecule is Cc1ccccc1CN(CCO)Cc1ccco1. The molecule has 0 aliphatic rings. The Bertz CT molecular complexity index is 465. The molecule has 0 fully saturated rings. The number of aliphatic hydroxyl groups excluding tert-OH is 1. The van der Waals surface area contributed by atoms with E-state index in [1.165, 1.54) is 11.1 Å². The molecule has 0 saturated carbocycles. The van der Waals surface area contributed by atoms with Crippen molar-refractivity contribution < 1.29 is 9.52 Å². The fourth-order valence-corrected chi connectivity index (χ4v) is 2.01. The van der Waals surface area contributed by atoms with E-state index in [9.17, 15) is 0 Å². The van der Waals surface area contributed by atoms with E-state index in [0.29, 0.717) is 6.54 Å². The standard InChI is InChI=1S/C15H19NO2/c1-13-5-2-3-6-14(13)11-16(8-9-17)12-15-7-4-10-18-15/h2-7,10,17H,8-9,11-12H2,1H3. The van der Waals surface area contributed by atoms with Gasteiger partial charge in [0.25, 0.3) is 0 Å². The number of nitrogens with zero attached hydrogens (tertiary/aromatic N) is 1. The minimum atomic E-state index is 0.159. The third-order valence-electron chi connectivity index (χ3n) is 3.03. The summed E-state index contributed by atoms with van der Waals surface area (Å²) in [5.41, 5.74) is 2.57. The van der Waals surface area contributed by atoms with Crippen molar-refractivity contribution in [1.82, 2.24) is 4.90 Å². The van der Waals surface area contributed by atoms with Gasteiger partial charge in [0, 0.05) is 13.1 Å². The molecule has 0 unspecified atom stereocenters. The van der Waals surface area contributed by atoms with Crippen molar-refractivity contribution in [3.63, 3.8) is 0 Å². The Morgan fingerprint density at radius 2 is 1.94 bits per heavy atom. The van der Waals surface area contributed by atoms with Crippen LogP contribution in [0.1, 0.15) is 16.9 Å². The number of hydrogen-bond acceptors (Lipinski definition) is 3. The number of hydrogen-bond donors (Lipinski definition) is 1. The van der Waals surface area contributed by atoms with Gasteiger partial charge in [0.05, 0.1) is 19.4 Å². The second-order valence-electron chi connectivity index (χ2n) is 4.44. The monoisotopic (exact) mass is 245 g/mol. The summed E-state index contributed by atoms with van der Waals surface area (Å²) in [6.45, 7) is 4.47. The lowest BCUT2D eigenvalue weighted by Gasteiger charge is -2.21. The topological polar surface area (TPSA) is 36.6 Å². The Morgan fingerprint density at radius 1 is 1.11 bits per heavy atom. The highest BCUT2D eigenvalue weighted by Gasteiger charge is 2.09. The maximum atomic E-state index is 9.14. The van der Waals surface area contributed by atoms with Crippen molar-refractivity contribution in [2.45, 2.75) is 20.0 Å². The van der Waals surface area contributed by atoms with Crippen LogP contribution >= 0.6 is 0 Å². The van der Waals surface area contributed by atoms with Crippen LogP contribution in [0.25, 0.3) is 0 Å². The van der Waals surface area contributed by atoms with Crippen LogP contribution in [0.15, 0.2) is 47.1 Å². The van der Waals surface area contributed by atoms with E-state index in [4.69, 9.17) is 9.52 Å². The number of rotatable bonds is 6. The highest BCUT2D eigenvalue weighted by atomic mass is 16.3.